The molecule has 4 heteroatoms. The van der Waals surface area contributed by atoms with Gasteiger partial charge in [0.15, 0.2) is 0 Å². The van der Waals surface area contributed by atoms with Gasteiger partial charge in [0.2, 0.25) is 5.91 Å². The standard InChI is InChI=1S/C8H15BrN2O/c9-5-7-4-8(12)11(6-7)3-1-2-10/h7H,1-6,10H2. The molecule has 1 aliphatic heterocycles. The third-order valence-corrected chi connectivity index (χ3v) is 3.06. The fourth-order valence-electron chi connectivity index (χ4n) is 1.46. The summed E-state index contributed by atoms with van der Waals surface area (Å²) in [6, 6.07) is 0. The third kappa shape index (κ3) is 2.45. The number of alkyl halides is 1. The Balaban J connectivity index is 2.31. The van der Waals surface area contributed by atoms with Crippen LogP contribution in [-0.4, -0.2) is 35.8 Å². The maximum Gasteiger partial charge on any atom is 0.222 e. The SMILES string of the molecule is NCCCN1CC(CBr)CC1=O. The Kier molecular flexibility index (Phi) is 4.01. The summed E-state index contributed by atoms with van der Waals surface area (Å²) in [6.07, 6.45) is 1.62. The molecule has 1 fully saturated rings. The fraction of sp³-hybridized carbons (Fsp3) is 0.875. The van der Waals surface area contributed by atoms with Crippen LogP contribution < -0.4 is 5.73 Å². The second-order valence-corrected chi connectivity index (χ2v) is 3.85. The molecular formula is C8H15BrN2O. The molecular weight excluding hydrogens is 220 g/mol. The van der Waals surface area contributed by atoms with Gasteiger partial charge in [0.25, 0.3) is 0 Å². The molecule has 0 radical (unpaired) electrons. The predicted molar refractivity (Wildman–Crippen MR) is 52.2 cm³/mol. The van der Waals surface area contributed by atoms with Gasteiger partial charge in [-0.25, -0.2) is 0 Å². The lowest BCUT2D eigenvalue weighted by molar-refractivity contribution is -0.127. The molecule has 0 aromatic heterocycles. The Hall–Kier alpha value is -0.0900. The molecule has 1 rings (SSSR count). The molecule has 1 unspecified atom stereocenters. The van der Waals surface area contributed by atoms with Gasteiger partial charge in [-0.1, -0.05) is 15.9 Å². The quantitative estimate of drug-likeness (QED) is 0.724. The average molecular weight is 235 g/mol. The molecule has 0 aromatic carbocycles. The molecule has 0 aliphatic carbocycles. The van der Waals surface area contributed by atoms with Gasteiger partial charge in [-0.15, -0.1) is 0 Å². The van der Waals surface area contributed by atoms with Crippen LogP contribution in [0.4, 0.5) is 0 Å². The summed E-state index contributed by atoms with van der Waals surface area (Å²) >= 11 is 3.40. The maximum atomic E-state index is 11.3. The van der Waals surface area contributed by atoms with E-state index in [1.54, 1.807) is 0 Å². The lowest BCUT2D eigenvalue weighted by Gasteiger charge is -2.14. The Labute approximate surface area is 81.4 Å². The zero-order valence-electron chi connectivity index (χ0n) is 7.13. The highest BCUT2D eigenvalue weighted by Gasteiger charge is 2.27. The van der Waals surface area contributed by atoms with E-state index in [9.17, 15) is 4.79 Å². The minimum Gasteiger partial charge on any atom is -0.342 e. The van der Waals surface area contributed by atoms with Crippen LogP contribution in [0, 0.1) is 5.92 Å². The number of hydrogen-bond donors (Lipinski definition) is 1. The number of rotatable bonds is 4. The van der Waals surface area contributed by atoms with Gasteiger partial charge in [-0.05, 0) is 18.9 Å². The number of carbonyl (C=O) groups excluding carboxylic acids is 1. The average Bonchev–Trinajstić information content (AvgIpc) is 2.43. The molecule has 1 amide bonds. The van der Waals surface area contributed by atoms with Crippen LogP contribution in [0.1, 0.15) is 12.8 Å². The van der Waals surface area contributed by atoms with Gasteiger partial charge >= 0.3 is 0 Å². The van der Waals surface area contributed by atoms with Crippen molar-refractivity contribution < 1.29 is 4.79 Å². The van der Waals surface area contributed by atoms with Crippen molar-refractivity contribution in [3.05, 3.63) is 0 Å². The number of carbonyl (C=O) groups is 1. The van der Waals surface area contributed by atoms with E-state index in [-0.39, 0.29) is 5.91 Å². The summed E-state index contributed by atoms with van der Waals surface area (Å²) in [6.45, 7) is 2.41. The Morgan fingerprint density at radius 3 is 2.92 bits per heavy atom. The van der Waals surface area contributed by atoms with E-state index in [0.717, 1.165) is 24.8 Å². The first kappa shape index (κ1) is 9.99. The van der Waals surface area contributed by atoms with Crippen molar-refractivity contribution in [1.82, 2.24) is 4.90 Å². The molecule has 0 saturated carbocycles. The first-order valence-corrected chi connectivity index (χ1v) is 5.44. The van der Waals surface area contributed by atoms with Crippen molar-refractivity contribution in [2.24, 2.45) is 11.7 Å². The van der Waals surface area contributed by atoms with Crippen LogP contribution in [0.2, 0.25) is 0 Å². The number of likely N-dealkylation sites (tertiary alicyclic amines) is 1. The second kappa shape index (κ2) is 4.82. The molecule has 12 heavy (non-hydrogen) atoms. The van der Waals surface area contributed by atoms with Crippen molar-refractivity contribution >= 4 is 21.8 Å². The van der Waals surface area contributed by atoms with E-state index >= 15 is 0 Å². The van der Waals surface area contributed by atoms with E-state index in [1.165, 1.54) is 0 Å². The van der Waals surface area contributed by atoms with E-state index in [0.29, 0.717) is 18.9 Å². The van der Waals surface area contributed by atoms with E-state index < -0.39 is 0 Å². The van der Waals surface area contributed by atoms with Gasteiger partial charge < -0.3 is 10.6 Å². The summed E-state index contributed by atoms with van der Waals surface area (Å²) < 4.78 is 0. The number of halogens is 1. The molecule has 70 valence electrons. The Morgan fingerprint density at radius 2 is 2.42 bits per heavy atom. The van der Waals surface area contributed by atoms with Gasteiger partial charge in [0.05, 0.1) is 0 Å². The molecule has 0 spiro atoms. The van der Waals surface area contributed by atoms with Crippen LogP contribution in [-0.2, 0) is 4.79 Å². The zero-order valence-corrected chi connectivity index (χ0v) is 8.72. The van der Waals surface area contributed by atoms with Crippen LogP contribution in [0.5, 0.6) is 0 Å². The van der Waals surface area contributed by atoms with Crippen molar-refractivity contribution in [3.8, 4) is 0 Å². The van der Waals surface area contributed by atoms with Crippen molar-refractivity contribution in [2.45, 2.75) is 12.8 Å². The van der Waals surface area contributed by atoms with Gasteiger partial charge in [-0.3, -0.25) is 4.79 Å². The lowest BCUT2D eigenvalue weighted by atomic mass is 10.2. The maximum absolute atomic E-state index is 11.3. The normalized spacial score (nSPS) is 23.7. The summed E-state index contributed by atoms with van der Waals surface area (Å²) in [5.74, 6) is 0.795. The van der Waals surface area contributed by atoms with Crippen LogP contribution >= 0.6 is 15.9 Å². The molecule has 3 nitrogen and oxygen atoms in total. The summed E-state index contributed by atoms with van der Waals surface area (Å²) in [7, 11) is 0. The van der Waals surface area contributed by atoms with Crippen LogP contribution in [0.3, 0.4) is 0 Å². The molecule has 0 bridgehead atoms. The number of amides is 1. The first-order valence-electron chi connectivity index (χ1n) is 4.31. The second-order valence-electron chi connectivity index (χ2n) is 3.21. The van der Waals surface area contributed by atoms with Crippen molar-refractivity contribution in [1.29, 1.82) is 0 Å². The van der Waals surface area contributed by atoms with Crippen LogP contribution in [0.15, 0.2) is 0 Å². The summed E-state index contributed by atoms with van der Waals surface area (Å²) in [5.41, 5.74) is 5.37. The Bertz CT molecular complexity index is 163. The highest BCUT2D eigenvalue weighted by Crippen LogP contribution is 2.19. The summed E-state index contributed by atoms with van der Waals surface area (Å²) in [4.78, 5) is 13.2. The number of hydrogen-bond acceptors (Lipinski definition) is 2. The third-order valence-electron chi connectivity index (χ3n) is 2.14. The minimum absolute atomic E-state index is 0.285. The Morgan fingerprint density at radius 1 is 1.67 bits per heavy atom. The van der Waals surface area contributed by atoms with Crippen molar-refractivity contribution in [3.63, 3.8) is 0 Å². The molecule has 1 aliphatic rings. The number of nitrogens with two attached hydrogens (primary N) is 1. The molecule has 1 atom stereocenters. The number of nitrogens with zero attached hydrogens (tertiary/aromatic N) is 1. The minimum atomic E-state index is 0.285. The highest BCUT2D eigenvalue weighted by atomic mass is 79.9. The lowest BCUT2D eigenvalue weighted by Crippen LogP contribution is -2.27. The van der Waals surface area contributed by atoms with Crippen LogP contribution in [0.25, 0.3) is 0 Å². The first-order chi connectivity index (χ1) is 5.77. The van der Waals surface area contributed by atoms with Crippen molar-refractivity contribution in [2.75, 3.05) is 25.0 Å². The topological polar surface area (TPSA) is 46.3 Å². The predicted octanol–water partition coefficient (Wildman–Crippen LogP) is 0.579. The van der Waals surface area contributed by atoms with E-state index in [1.807, 2.05) is 4.90 Å². The van der Waals surface area contributed by atoms with Gasteiger partial charge in [0.1, 0.15) is 0 Å². The molecule has 1 heterocycles. The highest BCUT2D eigenvalue weighted by molar-refractivity contribution is 9.09. The van der Waals surface area contributed by atoms with E-state index in [2.05, 4.69) is 15.9 Å². The smallest absolute Gasteiger partial charge is 0.222 e. The zero-order chi connectivity index (χ0) is 8.97. The molecule has 2 N–H and O–H groups in total. The van der Waals surface area contributed by atoms with Gasteiger partial charge in [-0.2, -0.15) is 0 Å². The molecule has 1 saturated heterocycles. The molecule has 0 aromatic rings. The monoisotopic (exact) mass is 234 g/mol. The largest absolute Gasteiger partial charge is 0.342 e. The fourth-order valence-corrected chi connectivity index (χ4v) is 1.89. The van der Waals surface area contributed by atoms with E-state index in [4.69, 9.17) is 5.73 Å². The van der Waals surface area contributed by atoms with Gasteiger partial charge in [0, 0.05) is 24.8 Å². The summed E-state index contributed by atoms with van der Waals surface area (Å²) in [5, 5.41) is 0.928.